The van der Waals surface area contributed by atoms with Crippen molar-refractivity contribution in [3.63, 3.8) is 0 Å². The van der Waals surface area contributed by atoms with Gasteiger partial charge in [-0.1, -0.05) is 35.9 Å². The summed E-state index contributed by atoms with van der Waals surface area (Å²) in [5, 5.41) is 18.6. The molecule has 2 aliphatic rings. The van der Waals surface area contributed by atoms with Crippen LogP contribution in [0.3, 0.4) is 0 Å². The highest BCUT2D eigenvalue weighted by molar-refractivity contribution is 6.30. The monoisotopic (exact) mass is 392 g/mol. The number of hydrogen-bond donors (Lipinski definition) is 2. The summed E-state index contributed by atoms with van der Waals surface area (Å²) in [5.41, 5.74) is 3.19. The fraction of sp³-hybridized carbons (Fsp3) is 0.190. The number of anilines is 1. The number of Topliss-reactive ketones (excluding diaryl/α,β-unsaturated/α-hetero) is 1. The van der Waals surface area contributed by atoms with Crippen LogP contribution in [0, 0.1) is 0 Å². The molecule has 2 N–H and O–H groups in total. The molecular weight excluding hydrogens is 376 g/mol. The summed E-state index contributed by atoms with van der Waals surface area (Å²) in [5.74, 6) is 1.37. The highest BCUT2D eigenvalue weighted by Gasteiger charge is 2.37. The van der Waals surface area contributed by atoms with Crippen LogP contribution in [-0.4, -0.2) is 25.7 Å². The summed E-state index contributed by atoms with van der Waals surface area (Å²) in [6.45, 7) is 0. The van der Waals surface area contributed by atoms with E-state index in [1.54, 1.807) is 28.9 Å². The molecule has 5 rings (SSSR count). The van der Waals surface area contributed by atoms with Gasteiger partial charge in [0, 0.05) is 28.3 Å². The molecule has 0 saturated heterocycles. The van der Waals surface area contributed by atoms with Crippen LogP contribution in [0.2, 0.25) is 5.02 Å². The van der Waals surface area contributed by atoms with Gasteiger partial charge in [-0.2, -0.15) is 4.98 Å². The van der Waals surface area contributed by atoms with E-state index in [-0.39, 0.29) is 11.5 Å². The molecule has 140 valence electrons. The molecule has 0 radical (unpaired) electrons. The topological polar surface area (TPSA) is 80.0 Å². The summed E-state index contributed by atoms with van der Waals surface area (Å²) in [4.78, 5) is 17.4. The van der Waals surface area contributed by atoms with E-state index in [4.69, 9.17) is 16.7 Å². The maximum atomic E-state index is 12.8. The average Bonchev–Trinajstić information content (AvgIpc) is 3.10. The molecule has 28 heavy (non-hydrogen) atoms. The number of carbonyl (C=O) groups excluding carboxylic acids is 1. The zero-order valence-electron chi connectivity index (χ0n) is 14.9. The Morgan fingerprint density at radius 2 is 2.00 bits per heavy atom. The van der Waals surface area contributed by atoms with Gasteiger partial charge in [0.15, 0.2) is 11.6 Å². The first-order valence-electron chi connectivity index (χ1n) is 9.15. The number of fused-ring (bicyclic) bond motifs is 1. The lowest BCUT2D eigenvalue weighted by atomic mass is 9.85. The number of nitrogens with one attached hydrogen (secondary N) is 1. The lowest BCUT2D eigenvalue weighted by Crippen LogP contribution is -2.31. The van der Waals surface area contributed by atoms with Crippen molar-refractivity contribution in [1.82, 2.24) is 14.8 Å². The maximum absolute atomic E-state index is 12.8. The Bertz CT molecular complexity index is 1130. The predicted molar refractivity (Wildman–Crippen MR) is 106 cm³/mol. The molecule has 3 aromatic rings. The number of aromatic hydroxyl groups is 1. The molecule has 2 heterocycles. The molecule has 7 heteroatoms. The molecule has 6 nitrogen and oxygen atoms in total. The number of phenols is 1. The number of rotatable bonds is 2. The molecular formula is C21H17ClN4O2. The van der Waals surface area contributed by atoms with Gasteiger partial charge in [0.1, 0.15) is 11.8 Å². The molecule has 0 unspecified atom stereocenters. The van der Waals surface area contributed by atoms with E-state index in [1.165, 1.54) is 0 Å². The van der Waals surface area contributed by atoms with Gasteiger partial charge in [0.05, 0.1) is 0 Å². The second kappa shape index (κ2) is 6.49. The molecule has 1 aromatic heterocycles. The van der Waals surface area contributed by atoms with E-state index in [0.717, 1.165) is 29.7 Å². The first-order valence-corrected chi connectivity index (χ1v) is 9.52. The number of carbonyl (C=O) groups is 1. The molecule has 1 aliphatic heterocycles. The Balaban J connectivity index is 1.69. The smallest absolute Gasteiger partial charge is 0.226 e. The minimum Gasteiger partial charge on any atom is -0.508 e. The molecule has 0 spiro atoms. The standard InChI is InChI=1S/C21H17ClN4O2/c22-14-6-1-5-13(10-14)20-24-21-23-16-8-3-9-17(28)18(16)19(26(21)25-20)12-4-2-7-15(27)11-12/h1-2,4-7,10-11,19,27H,3,8-9H2,(H,23,24,25)/t19-/m0/s1. The number of allylic oxidation sites excluding steroid dienone is 2. The third-order valence-electron chi connectivity index (χ3n) is 5.14. The molecule has 1 atom stereocenters. The molecule has 0 saturated carbocycles. The van der Waals surface area contributed by atoms with Crippen molar-refractivity contribution >= 4 is 23.3 Å². The maximum Gasteiger partial charge on any atom is 0.226 e. The summed E-state index contributed by atoms with van der Waals surface area (Å²) < 4.78 is 1.73. The number of halogens is 1. The van der Waals surface area contributed by atoms with E-state index < -0.39 is 6.04 Å². The largest absolute Gasteiger partial charge is 0.508 e. The Hall–Kier alpha value is -3.12. The molecule has 2 aromatic carbocycles. The SMILES string of the molecule is O=C1CCCC2=C1[C@H](c1cccc(O)c1)n1nc(-c3cccc(Cl)c3)nc1N2. The van der Waals surface area contributed by atoms with Crippen LogP contribution in [0.5, 0.6) is 5.75 Å². The number of hydrogen-bond acceptors (Lipinski definition) is 5. The van der Waals surface area contributed by atoms with Gasteiger partial charge in [0.2, 0.25) is 5.95 Å². The van der Waals surface area contributed by atoms with E-state index in [1.807, 2.05) is 24.3 Å². The van der Waals surface area contributed by atoms with Gasteiger partial charge in [-0.15, -0.1) is 5.10 Å². The number of nitrogens with zero attached hydrogens (tertiary/aromatic N) is 3. The van der Waals surface area contributed by atoms with E-state index >= 15 is 0 Å². The number of benzene rings is 2. The predicted octanol–water partition coefficient (Wildman–Crippen LogP) is 4.33. The number of phenolic OH excluding ortho intramolecular Hbond substituents is 1. The van der Waals surface area contributed by atoms with Gasteiger partial charge >= 0.3 is 0 Å². The van der Waals surface area contributed by atoms with E-state index in [0.29, 0.717) is 28.8 Å². The Kier molecular flexibility index (Phi) is 3.94. The number of ketones is 1. The third kappa shape index (κ3) is 2.77. The zero-order chi connectivity index (χ0) is 19.3. The van der Waals surface area contributed by atoms with Crippen LogP contribution >= 0.6 is 11.6 Å². The minimum atomic E-state index is -0.424. The quantitative estimate of drug-likeness (QED) is 0.678. The number of aromatic nitrogens is 3. The Labute approximate surface area is 166 Å². The summed E-state index contributed by atoms with van der Waals surface area (Å²) in [7, 11) is 0. The lowest BCUT2D eigenvalue weighted by Gasteiger charge is -2.32. The molecule has 0 bridgehead atoms. The van der Waals surface area contributed by atoms with Crippen molar-refractivity contribution in [3.8, 4) is 17.1 Å². The van der Waals surface area contributed by atoms with E-state index in [2.05, 4.69) is 10.3 Å². The van der Waals surface area contributed by atoms with Crippen LogP contribution < -0.4 is 5.32 Å². The second-order valence-corrected chi connectivity index (χ2v) is 7.44. The summed E-state index contributed by atoms with van der Waals surface area (Å²) >= 11 is 6.12. The highest BCUT2D eigenvalue weighted by atomic mass is 35.5. The van der Waals surface area contributed by atoms with Crippen LogP contribution in [0.25, 0.3) is 11.4 Å². The Morgan fingerprint density at radius 1 is 1.14 bits per heavy atom. The van der Waals surface area contributed by atoms with Crippen LogP contribution in [0.1, 0.15) is 30.9 Å². The fourth-order valence-electron chi connectivity index (χ4n) is 3.91. The molecule has 0 fully saturated rings. The second-order valence-electron chi connectivity index (χ2n) is 7.01. The lowest BCUT2D eigenvalue weighted by molar-refractivity contribution is -0.116. The van der Waals surface area contributed by atoms with Gasteiger partial charge in [-0.3, -0.25) is 4.79 Å². The summed E-state index contributed by atoms with van der Waals surface area (Å²) in [6, 6.07) is 13.9. The van der Waals surface area contributed by atoms with Crippen molar-refractivity contribution < 1.29 is 9.90 Å². The third-order valence-corrected chi connectivity index (χ3v) is 5.37. The van der Waals surface area contributed by atoms with Crippen molar-refractivity contribution in [2.24, 2.45) is 0 Å². The van der Waals surface area contributed by atoms with Crippen LogP contribution in [-0.2, 0) is 4.79 Å². The Morgan fingerprint density at radius 3 is 2.82 bits per heavy atom. The van der Waals surface area contributed by atoms with Crippen molar-refractivity contribution in [3.05, 3.63) is 70.4 Å². The first kappa shape index (κ1) is 17.0. The fourth-order valence-corrected chi connectivity index (χ4v) is 4.10. The van der Waals surface area contributed by atoms with E-state index in [9.17, 15) is 9.90 Å². The van der Waals surface area contributed by atoms with Gasteiger partial charge in [0.25, 0.3) is 0 Å². The van der Waals surface area contributed by atoms with Crippen molar-refractivity contribution in [2.75, 3.05) is 5.32 Å². The molecule has 1 aliphatic carbocycles. The van der Waals surface area contributed by atoms with Gasteiger partial charge in [-0.05, 0) is 42.7 Å². The average molecular weight is 393 g/mol. The van der Waals surface area contributed by atoms with Crippen molar-refractivity contribution in [1.29, 1.82) is 0 Å². The first-order chi connectivity index (χ1) is 13.6. The highest BCUT2D eigenvalue weighted by Crippen LogP contribution is 2.41. The summed E-state index contributed by atoms with van der Waals surface area (Å²) in [6.07, 6.45) is 2.11. The molecule has 0 amide bonds. The van der Waals surface area contributed by atoms with Crippen molar-refractivity contribution in [2.45, 2.75) is 25.3 Å². The normalized spacial score (nSPS) is 18.5. The van der Waals surface area contributed by atoms with Crippen LogP contribution in [0.4, 0.5) is 5.95 Å². The minimum absolute atomic E-state index is 0.104. The zero-order valence-corrected chi connectivity index (χ0v) is 15.6. The van der Waals surface area contributed by atoms with Gasteiger partial charge < -0.3 is 10.4 Å². The van der Waals surface area contributed by atoms with Crippen LogP contribution in [0.15, 0.2) is 59.8 Å². The van der Waals surface area contributed by atoms with Gasteiger partial charge in [-0.25, -0.2) is 4.68 Å².